The van der Waals surface area contributed by atoms with Crippen molar-refractivity contribution in [3.8, 4) is 11.5 Å². The summed E-state index contributed by atoms with van der Waals surface area (Å²) in [6, 6.07) is 12.5. The molecule has 24 heavy (non-hydrogen) atoms. The van der Waals surface area contributed by atoms with Crippen molar-refractivity contribution in [1.29, 1.82) is 0 Å². The first-order chi connectivity index (χ1) is 11.6. The minimum Gasteiger partial charge on any atom is -0.493 e. The van der Waals surface area contributed by atoms with Crippen LogP contribution in [-0.2, 0) is 4.79 Å². The summed E-state index contributed by atoms with van der Waals surface area (Å²) in [4.78, 5) is 25.9. The molecule has 2 aromatic rings. The Morgan fingerprint density at radius 3 is 2.21 bits per heavy atom. The van der Waals surface area contributed by atoms with Gasteiger partial charge in [0.2, 0.25) is 0 Å². The van der Waals surface area contributed by atoms with Gasteiger partial charge in [0.1, 0.15) is 0 Å². The second-order valence-electron chi connectivity index (χ2n) is 5.39. The minimum absolute atomic E-state index is 0.292. The molecule has 0 saturated heterocycles. The van der Waals surface area contributed by atoms with Crippen LogP contribution < -0.4 is 9.47 Å². The van der Waals surface area contributed by atoms with Crippen molar-refractivity contribution in [2.24, 2.45) is 0 Å². The van der Waals surface area contributed by atoms with Crippen LogP contribution in [0.15, 0.2) is 42.5 Å². The number of carbonyl (C=O) groups is 2. The van der Waals surface area contributed by atoms with Gasteiger partial charge >= 0.3 is 0 Å². The molecule has 0 spiro atoms. The molecule has 1 heterocycles. The number of methoxy groups -OCH3 is 2. The molecule has 0 saturated carbocycles. The van der Waals surface area contributed by atoms with Crippen LogP contribution in [0.3, 0.4) is 0 Å². The van der Waals surface area contributed by atoms with Crippen molar-refractivity contribution in [1.82, 2.24) is 4.90 Å². The fraction of sp³-hybridized carbons (Fsp3) is 0.158. The van der Waals surface area contributed by atoms with E-state index in [1.807, 2.05) is 12.1 Å². The second kappa shape index (κ2) is 6.20. The van der Waals surface area contributed by atoms with E-state index in [-0.39, 0.29) is 11.8 Å². The molecule has 0 radical (unpaired) electrons. The van der Waals surface area contributed by atoms with Crippen LogP contribution in [0.1, 0.15) is 21.5 Å². The number of imide groups is 1. The molecule has 2 amide bonds. The van der Waals surface area contributed by atoms with Gasteiger partial charge in [0, 0.05) is 18.2 Å². The molecule has 5 nitrogen and oxygen atoms in total. The maximum atomic E-state index is 12.6. The number of likely N-dealkylation sites (N-methyl/N-ethyl adjacent to an activating group) is 1. The molecule has 3 rings (SSSR count). The highest BCUT2D eigenvalue weighted by atomic mass is 16.5. The monoisotopic (exact) mass is 323 g/mol. The number of fused-ring (bicyclic) bond motifs is 1. The van der Waals surface area contributed by atoms with Gasteiger partial charge in [-0.05, 0) is 35.4 Å². The fourth-order valence-corrected chi connectivity index (χ4v) is 2.72. The van der Waals surface area contributed by atoms with E-state index in [0.717, 1.165) is 10.5 Å². The third-order valence-electron chi connectivity index (χ3n) is 4.01. The molecule has 1 aliphatic heterocycles. The molecule has 0 N–H and O–H groups in total. The Balaban J connectivity index is 2.14. The predicted molar refractivity (Wildman–Crippen MR) is 91.0 cm³/mol. The van der Waals surface area contributed by atoms with Gasteiger partial charge in [-0.3, -0.25) is 14.5 Å². The summed E-state index contributed by atoms with van der Waals surface area (Å²) in [6.07, 6.45) is 1.76. The predicted octanol–water partition coefficient (Wildman–Crippen LogP) is 2.86. The molecule has 0 aromatic heterocycles. The molecule has 2 aromatic carbocycles. The Hall–Kier alpha value is -3.08. The fourth-order valence-electron chi connectivity index (χ4n) is 2.72. The average molecular weight is 323 g/mol. The van der Waals surface area contributed by atoms with Gasteiger partial charge in [-0.15, -0.1) is 0 Å². The van der Waals surface area contributed by atoms with Crippen molar-refractivity contribution < 1.29 is 19.1 Å². The van der Waals surface area contributed by atoms with E-state index >= 15 is 0 Å². The zero-order valence-electron chi connectivity index (χ0n) is 13.7. The van der Waals surface area contributed by atoms with Crippen molar-refractivity contribution in [2.75, 3.05) is 21.3 Å². The lowest BCUT2D eigenvalue weighted by atomic mass is 9.92. The summed E-state index contributed by atoms with van der Waals surface area (Å²) in [5.74, 6) is 0.573. The highest BCUT2D eigenvalue weighted by molar-refractivity contribution is 6.33. The SMILES string of the molecule is COc1ccc(/C=C2\C(=O)N(C)C(=O)c3ccccc32)cc1OC. The van der Waals surface area contributed by atoms with E-state index < -0.39 is 0 Å². The van der Waals surface area contributed by atoms with E-state index in [1.165, 1.54) is 7.05 Å². The molecule has 0 fully saturated rings. The highest BCUT2D eigenvalue weighted by Gasteiger charge is 2.31. The number of hydrogen-bond acceptors (Lipinski definition) is 4. The number of rotatable bonds is 3. The number of nitrogens with zero attached hydrogens (tertiary/aromatic N) is 1. The van der Waals surface area contributed by atoms with E-state index in [9.17, 15) is 9.59 Å². The zero-order valence-corrected chi connectivity index (χ0v) is 13.7. The van der Waals surface area contributed by atoms with Gasteiger partial charge in [0.15, 0.2) is 11.5 Å². The number of ether oxygens (including phenoxy) is 2. The topological polar surface area (TPSA) is 55.8 Å². The van der Waals surface area contributed by atoms with Crippen LogP contribution in [0.5, 0.6) is 11.5 Å². The Bertz CT molecular complexity index is 854. The van der Waals surface area contributed by atoms with E-state index in [0.29, 0.717) is 28.2 Å². The summed E-state index contributed by atoms with van der Waals surface area (Å²) in [5.41, 5.74) is 2.42. The number of benzene rings is 2. The third kappa shape index (κ3) is 2.54. The quantitative estimate of drug-likeness (QED) is 0.644. The Morgan fingerprint density at radius 2 is 1.54 bits per heavy atom. The number of hydrogen-bond donors (Lipinski definition) is 0. The van der Waals surface area contributed by atoms with Crippen LogP contribution in [0.4, 0.5) is 0 Å². The first-order valence-electron chi connectivity index (χ1n) is 7.42. The molecule has 5 heteroatoms. The normalized spacial score (nSPS) is 15.5. The van der Waals surface area contributed by atoms with E-state index in [1.54, 1.807) is 50.6 Å². The van der Waals surface area contributed by atoms with Gasteiger partial charge in [-0.25, -0.2) is 0 Å². The lowest BCUT2D eigenvalue weighted by molar-refractivity contribution is -0.121. The van der Waals surface area contributed by atoms with Gasteiger partial charge in [0.25, 0.3) is 11.8 Å². The van der Waals surface area contributed by atoms with E-state index in [4.69, 9.17) is 9.47 Å². The molecular formula is C19H17NO4. The number of carbonyl (C=O) groups excluding carboxylic acids is 2. The first-order valence-corrected chi connectivity index (χ1v) is 7.42. The smallest absolute Gasteiger partial charge is 0.261 e. The summed E-state index contributed by atoms with van der Waals surface area (Å²) >= 11 is 0. The molecule has 0 bridgehead atoms. The third-order valence-corrected chi connectivity index (χ3v) is 4.01. The molecule has 122 valence electrons. The first kappa shape index (κ1) is 15.8. The average Bonchev–Trinajstić information content (AvgIpc) is 2.63. The van der Waals surface area contributed by atoms with Crippen molar-refractivity contribution in [3.63, 3.8) is 0 Å². The molecule has 0 unspecified atom stereocenters. The number of amides is 2. The molecule has 0 aliphatic carbocycles. The maximum absolute atomic E-state index is 12.6. The van der Waals surface area contributed by atoms with Crippen molar-refractivity contribution in [3.05, 3.63) is 59.2 Å². The van der Waals surface area contributed by atoms with Gasteiger partial charge < -0.3 is 9.47 Å². The second-order valence-corrected chi connectivity index (χ2v) is 5.39. The Kier molecular flexibility index (Phi) is 4.08. The Morgan fingerprint density at radius 1 is 0.875 bits per heavy atom. The van der Waals surface area contributed by atoms with Crippen LogP contribution in [-0.4, -0.2) is 38.0 Å². The van der Waals surface area contributed by atoms with Crippen LogP contribution >= 0.6 is 0 Å². The summed E-state index contributed by atoms with van der Waals surface area (Å²) in [5, 5.41) is 0. The standard InChI is InChI=1S/C19H17NO4/c1-20-18(21)14-7-5-4-6-13(14)15(19(20)22)10-12-8-9-16(23-2)17(11-12)24-3/h4-11H,1-3H3/b15-10-. The lowest BCUT2D eigenvalue weighted by Gasteiger charge is -2.25. The largest absolute Gasteiger partial charge is 0.493 e. The highest BCUT2D eigenvalue weighted by Crippen LogP contribution is 2.32. The molecule has 1 aliphatic rings. The van der Waals surface area contributed by atoms with Gasteiger partial charge in [-0.2, -0.15) is 0 Å². The molecular weight excluding hydrogens is 306 g/mol. The molecule has 0 atom stereocenters. The van der Waals surface area contributed by atoms with Gasteiger partial charge in [0.05, 0.1) is 14.2 Å². The summed E-state index contributed by atoms with van der Waals surface area (Å²) < 4.78 is 10.5. The van der Waals surface area contributed by atoms with E-state index in [2.05, 4.69) is 0 Å². The maximum Gasteiger partial charge on any atom is 0.261 e. The van der Waals surface area contributed by atoms with Crippen LogP contribution in [0.2, 0.25) is 0 Å². The summed E-state index contributed by atoms with van der Waals surface area (Å²) in [6.45, 7) is 0. The zero-order chi connectivity index (χ0) is 17.3. The van der Waals surface area contributed by atoms with Gasteiger partial charge in [-0.1, -0.05) is 24.3 Å². The van der Waals surface area contributed by atoms with Crippen molar-refractivity contribution >= 4 is 23.5 Å². The van der Waals surface area contributed by atoms with Crippen molar-refractivity contribution in [2.45, 2.75) is 0 Å². The lowest BCUT2D eigenvalue weighted by Crippen LogP contribution is -2.38. The Labute approximate surface area is 140 Å². The minimum atomic E-state index is -0.325. The van der Waals surface area contributed by atoms with Crippen LogP contribution in [0.25, 0.3) is 11.6 Å². The summed E-state index contributed by atoms with van der Waals surface area (Å²) in [7, 11) is 4.61. The van der Waals surface area contributed by atoms with Crippen LogP contribution in [0, 0.1) is 0 Å².